The van der Waals surface area contributed by atoms with Gasteiger partial charge in [-0.25, -0.2) is 0 Å². The van der Waals surface area contributed by atoms with E-state index in [2.05, 4.69) is 0 Å². The number of amides is 1. The van der Waals surface area contributed by atoms with Gasteiger partial charge in [-0.05, 0) is 55.7 Å². The van der Waals surface area contributed by atoms with Crippen LogP contribution in [0.15, 0.2) is 24.3 Å². The van der Waals surface area contributed by atoms with E-state index in [0.717, 1.165) is 31.7 Å². The third kappa shape index (κ3) is 4.39. The fourth-order valence-electron chi connectivity index (χ4n) is 3.79. The van der Waals surface area contributed by atoms with Gasteiger partial charge in [-0.2, -0.15) is 0 Å². The quantitative estimate of drug-likeness (QED) is 0.840. The highest BCUT2D eigenvalue weighted by Crippen LogP contribution is 2.37. The number of rotatable bonds is 5. The summed E-state index contributed by atoms with van der Waals surface area (Å²) < 4.78 is 5.70. The molecule has 2 fully saturated rings. The Labute approximate surface area is 144 Å². The Bertz CT molecular complexity index is 538. The van der Waals surface area contributed by atoms with Gasteiger partial charge >= 0.3 is 0 Å². The Morgan fingerprint density at radius 1 is 1.35 bits per heavy atom. The molecule has 4 nitrogen and oxygen atoms in total. The molecular formula is C18H27ClN2O2. The number of aryl methyl sites for hydroxylation is 1. The van der Waals surface area contributed by atoms with Crippen LogP contribution in [0, 0.1) is 18.8 Å². The smallest absolute Gasteiger partial charge is 0.222 e. The maximum absolute atomic E-state index is 12.3. The van der Waals surface area contributed by atoms with Gasteiger partial charge in [-0.3, -0.25) is 4.79 Å². The van der Waals surface area contributed by atoms with E-state index in [1.54, 1.807) is 0 Å². The number of likely N-dealkylation sites (tertiary alicyclic amines) is 1. The van der Waals surface area contributed by atoms with Gasteiger partial charge in [-0.15, -0.1) is 12.4 Å². The van der Waals surface area contributed by atoms with Crippen LogP contribution in [-0.2, 0) is 4.79 Å². The van der Waals surface area contributed by atoms with Gasteiger partial charge in [0, 0.05) is 25.6 Å². The molecule has 23 heavy (non-hydrogen) atoms. The van der Waals surface area contributed by atoms with Crippen LogP contribution >= 0.6 is 12.4 Å². The second kappa shape index (κ2) is 8.02. The summed E-state index contributed by atoms with van der Waals surface area (Å²) in [4.78, 5) is 14.3. The summed E-state index contributed by atoms with van der Waals surface area (Å²) in [5.74, 6) is 2.32. The van der Waals surface area contributed by atoms with Crippen LogP contribution in [0.4, 0.5) is 0 Å². The Morgan fingerprint density at radius 2 is 2.17 bits per heavy atom. The van der Waals surface area contributed by atoms with Crippen molar-refractivity contribution in [2.75, 3.05) is 19.7 Å². The lowest BCUT2D eigenvalue weighted by molar-refractivity contribution is -0.130. The van der Waals surface area contributed by atoms with E-state index in [1.165, 1.54) is 12.0 Å². The summed E-state index contributed by atoms with van der Waals surface area (Å²) in [6, 6.07) is 8.31. The number of nitrogens with two attached hydrogens (primary N) is 1. The third-order valence-electron chi connectivity index (χ3n) is 5.06. The minimum Gasteiger partial charge on any atom is -0.494 e. The van der Waals surface area contributed by atoms with Gasteiger partial charge in [0.25, 0.3) is 0 Å². The predicted octanol–water partition coefficient (Wildman–Crippen LogP) is 2.77. The highest BCUT2D eigenvalue weighted by atomic mass is 35.5. The molecule has 1 aromatic rings. The number of hydrogen-bond acceptors (Lipinski definition) is 3. The summed E-state index contributed by atoms with van der Waals surface area (Å²) in [6.45, 7) is 4.42. The topological polar surface area (TPSA) is 55.6 Å². The first-order chi connectivity index (χ1) is 10.6. The number of nitrogens with zero attached hydrogens (tertiary/aromatic N) is 1. The number of carbonyl (C=O) groups is 1. The Hall–Kier alpha value is -1.26. The van der Waals surface area contributed by atoms with Gasteiger partial charge in [0.2, 0.25) is 5.91 Å². The first-order valence-electron chi connectivity index (χ1n) is 8.36. The number of benzene rings is 1. The van der Waals surface area contributed by atoms with E-state index in [1.807, 2.05) is 36.1 Å². The van der Waals surface area contributed by atoms with Crippen molar-refractivity contribution in [1.29, 1.82) is 0 Å². The lowest BCUT2D eigenvalue weighted by Gasteiger charge is -2.18. The molecule has 1 aliphatic carbocycles. The van der Waals surface area contributed by atoms with Crippen molar-refractivity contribution in [3.05, 3.63) is 29.8 Å². The summed E-state index contributed by atoms with van der Waals surface area (Å²) >= 11 is 0. The zero-order valence-corrected chi connectivity index (χ0v) is 14.6. The van der Waals surface area contributed by atoms with Crippen molar-refractivity contribution in [3.63, 3.8) is 0 Å². The predicted molar refractivity (Wildman–Crippen MR) is 93.9 cm³/mol. The van der Waals surface area contributed by atoms with E-state index >= 15 is 0 Å². The van der Waals surface area contributed by atoms with Crippen molar-refractivity contribution < 1.29 is 9.53 Å². The number of halogens is 1. The minimum atomic E-state index is 0. The minimum absolute atomic E-state index is 0. The molecule has 2 aliphatic rings. The summed E-state index contributed by atoms with van der Waals surface area (Å²) in [6.07, 6.45) is 3.65. The molecule has 2 N–H and O–H groups in total. The third-order valence-corrected chi connectivity index (χ3v) is 5.06. The van der Waals surface area contributed by atoms with Crippen molar-refractivity contribution in [2.45, 2.75) is 38.6 Å². The Kier molecular flexibility index (Phi) is 6.31. The fourth-order valence-corrected chi connectivity index (χ4v) is 3.79. The molecule has 3 rings (SSSR count). The van der Waals surface area contributed by atoms with Gasteiger partial charge in [-0.1, -0.05) is 12.1 Å². The number of fused-ring (bicyclic) bond motifs is 1. The standard InChI is InChI=1S/C18H26N2O2.ClH/c1-13-4-2-5-15(10-13)22-9-3-6-18(21)20-11-14-7-8-17(19)16(14)12-20;/h2,4-5,10,14,16-17H,3,6-9,11-12,19H2,1H3;1H. The van der Waals surface area contributed by atoms with Crippen molar-refractivity contribution >= 4 is 18.3 Å². The van der Waals surface area contributed by atoms with Crippen LogP contribution < -0.4 is 10.5 Å². The lowest BCUT2D eigenvalue weighted by Crippen LogP contribution is -2.33. The molecule has 0 spiro atoms. The summed E-state index contributed by atoms with van der Waals surface area (Å²) in [5.41, 5.74) is 7.31. The highest BCUT2D eigenvalue weighted by Gasteiger charge is 2.42. The number of ether oxygens (including phenoxy) is 1. The summed E-state index contributed by atoms with van der Waals surface area (Å²) in [5, 5.41) is 0. The normalized spacial score (nSPS) is 25.8. The molecule has 3 atom stereocenters. The van der Waals surface area contributed by atoms with Crippen molar-refractivity contribution in [3.8, 4) is 5.75 Å². The van der Waals surface area contributed by atoms with Gasteiger partial charge in [0.1, 0.15) is 5.75 Å². The van der Waals surface area contributed by atoms with Crippen molar-refractivity contribution in [2.24, 2.45) is 17.6 Å². The number of hydrogen-bond donors (Lipinski definition) is 1. The van der Waals surface area contributed by atoms with E-state index in [9.17, 15) is 4.79 Å². The molecule has 5 heteroatoms. The zero-order valence-electron chi connectivity index (χ0n) is 13.7. The molecule has 3 unspecified atom stereocenters. The average Bonchev–Trinajstić information content (AvgIpc) is 3.06. The maximum Gasteiger partial charge on any atom is 0.222 e. The number of carbonyl (C=O) groups excluding carboxylic acids is 1. The first-order valence-corrected chi connectivity index (χ1v) is 8.36. The Balaban J connectivity index is 0.00000192. The molecule has 1 aliphatic heterocycles. The van der Waals surface area contributed by atoms with E-state index in [4.69, 9.17) is 10.5 Å². The molecule has 1 saturated carbocycles. The molecule has 0 aromatic heterocycles. The maximum atomic E-state index is 12.3. The second-order valence-corrected chi connectivity index (χ2v) is 6.73. The van der Waals surface area contributed by atoms with Crippen LogP contribution in [0.5, 0.6) is 5.75 Å². The van der Waals surface area contributed by atoms with Crippen LogP contribution in [0.3, 0.4) is 0 Å². The van der Waals surface area contributed by atoms with Crippen LogP contribution in [-0.4, -0.2) is 36.5 Å². The van der Waals surface area contributed by atoms with Gasteiger partial charge in [0.15, 0.2) is 0 Å². The highest BCUT2D eigenvalue weighted by molar-refractivity contribution is 5.85. The fraction of sp³-hybridized carbons (Fsp3) is 0.611. The molecule has 1 saturated heterocycles. The summed E-state index contributed by atoms with van der Waals surface area (Å²) in [7, 11) is 0. The largest absolute Gasteiger partial charge is 0.494 e. The van der Waals surface area contributed by atoms with E-state index < -0.39 is 0 Å². The molecular weight excluding hydrogens is 312 g/mol. The van der Waals surface area contributed by atoms with Crippen molar-refractivity contribution in [1.82, 2.24) is 4.90 Å². The molecule has 0 radical (unpaired) electrons. The first kappa shape index (κ1) is 18.1. The van der Waals surface area contributed by atoms with Crippen LogP contribution in [0.2, 0.25) is 0 Å². The molecule has 1 heterocycles. The van der Waals surface area contributed by atoms with Gasteiger partial charge < -0.3 is 15.4 Å². The van der Waals surface area contributed by atoms with Gasteiger partial charge in [0.05, 0.1) is 6.61 Å². The Morgan fingerprint density at radius 3 is 2.91 bits per heavy atom. The monoisotopic (exact) mass is 338 g/mol. The van der Waals surface area contributed by atoms with E-state index in [0.29, 0.717) is 30.9 Å². The molecule has 1 aromatic carbocycles. The SMILES string of the molecule is Cc1cccc(OCCCC(=O)N2CC3CCC(N)C3C2)c1.Cl. The molecule has 128 valence electrons. The lowest BCUT2D eigenvalue weighted by atomic mass is 9.98. The van der Waals surface area contributed by atoms with Crippen LogP contribution in [0.1, 0.15) is 31.2 Å². The van der Waals surface area contributed by atoms with Crippen LogP contribution in [0.25, 0.3) is 0 Å². The average molecular weight is 339 g/mol. The zero-order chi connectivity index (χ0) is 15.5. The van der Waals surface area contributed by atoms with E-state index in [-0.39, 0.29) is 18.3 Å². The molecule has 0 bridgehead atoms. The molecule has 1 amide bonds. The second-order valence-electron chi connectivity index (χ2n) is 6.73.